The second-order valence-corrected chi connectivity index (χ2v) is 8.86. The Bertz CT molecular complexity index is 761. The number of aliphatic hydroxyl groups is 1. The average molecular weight is 318 g/mol. The van der Waals surface area contributed by atoms with E-state index < -0.39 is 15.4 Å². The highest BCUT2D eigenvalue weighted by Gasteiger charge is 2.53. The van der Waals surface area contributed by atoms with Gasteiger partial charge >= 0.3 is 0 Å². The van der Waals surface area contributed by atoms with Gasteiger partial charge < -0.3 is 5.11 Å². The van der Waals surface area contributed by atoms with Crippen molar-refractivity contribution in [2.45, 2.75) is 41.8 Å². The summed E-state index contributed by atoms with van der Waals surface area (Å²) >= 11 is 0. The fourth-order valence-electron chi connectivity index (χ4n) is 3.83. The molecule has 3 heterocycles. The van der Waals surface area contributed by atoms with Crippen molar-refractivity contribution in [2.75, 3.05) is 0 Å². The Morgan fingerprint density at radius 3 is 2.32 bits per heavy atom. The lowest BCUT2D eigenvalue weighted by Crippen LogP contribution is -2.43. The first-order valence-corrected chi connectivity index (χ1v) is 9.16. The van der Waals surface area contributed by atoms with Gasteiger partial charge in [0.15, 0.2) is 9.84 Å². The summed E-state index contributed by atoms with van der Waals surface area (Å²) in [6, 6.07) is 9.44. The Balaban J connectivity index is 1.65. The van der Waals surface area contributed by atoms with Crippen LogP contribution in [0.5, 0.6) is 0 Å². The van der Waals surface area contributed by atoms with Crippen LogP contribution in [0.1, 0.15) is 31.2 Å². The monoisotopic (exact) mass is 318 g/mol. The van der Waals surface area contributed by atoms with E-state index >= 15 is 0 Å². The molecular weight excluding hydrogens is 300 g/mol. The minimum atomic E-state index is -3.03. The van der Waals surface area contributed by atoms with Gasteiger partial charge in [-0.3, -0.25) is 0 Å². The van der Waals surface area contributed by atoms with E-state index in [9.17, 15) is 13.5 Å². The van der Waals surface area contributed by atoms with Gasteiger partial charge in [0, 0.05) is 12.4 Å². The lowest BCUT2D eigenvalue weighted by atomic mass is 9.86. The quantitative estimate of drug-likeness (QED) is 0.916. The van der Waals surface area contributed by atoms with E-state index in [2.05, 4.69) is 5.10 Å². The van der Waals surface area contributed by atoms with Crippen molar-refractivity contribution >= 4 is 9.84 Å². The molecule has 2 bridgehead atoms. The molecule has 1 aromatic carbocycles. The number of aromatic nitrogens is 2. The topological polar surface area (TPSA) is 72.2 Å². The highest BCUT2D eigenvalue weighted by Crippen LogP contribution is 2.47. The van der Waals surface area contributed by atoms with E-state index in [1.807, 2.05) is 36.5 Å². The Kier molecular flexibility index (Phi) is 2.96. The van der Waals surface area contributed by atoms with Crippen LogP contribution in [0.4, 0.5) is 0 Å². The average Bonchev–Trinajstić information content (AvgIpc) is 3.06. The smallest absolute Gasteiger partial charge is 0.156 e. The van der Waals surface area contributed by atoms with Crippen LogP contribution in [0, 0.1) is 0 Å². The molecule has 0 spiro atoms. The minimum Gasteiger partial charge on any atom is -0.385 e. The first kappa shape index (κ1) is 14.0. The normalized spacial score (nSPS) is 33.0. The van der Waals surface area contributed by atoms with E-state index in [0.29, 0.717) is 25.7 Å². The Morgan fingerprint density at radius 1 is 1.14 bits per heavy atom. The molecule has 0 radical (unpaired) electrons. The maximum atomic E-state index is 12.2. The Hall–Kier alpha value is -1.66. The van der Waals surface area contributed by atoms with Crippen molar-refractivity contribution < 1.29 is 13.5 Å². The highest BCUT2D eigenvalue weighted by molar-refractivity contribution is 7.93. The van der Waals surface area contributed by atoms with Crippen molar-refractivity contribution in [3.63, 3.8) is 0 Å². The molecule has 4 rings (SSSR count). The van der Waals surface area contributed by atoms with Gasteiger partial charge in [-0.25, -0.2) is 13.1 Å². The zero-order chi connectivity index (χ0) is 15.4. The molecule has 2 unspecified atom stereocenters. The Labute approximate surface area is 129 Å². The molecule has 2 aromatic rings. The molecule has 22 heavy (non-hydrogen) atoms. The van der Waals surface area contributed by atoms with Crippen molar-refractivity contribution in [3.05, 3.63) is 48.3 Å². The van der Waals surface area contributed by atoms with E-state index in [1.165, 1.54) is 0 Å². The van der Waals surface area contributed by atoms with Gasteiger partial charge in [0.05, 0.1) is 21.8 Å². The van der Waals surface area contributed by atoms with E-state index in [-0.39, 0.29) is 10.5 Å². The standard InChI is InChI=1S/C16H18N2O3S/c19-16(10-14-6-7-15(11-16)22(14,20)21)12-2-4-13(5-3-12)18-9-1-8-17-18/h1-5,8-9,14-15,19H,6-7,10-11H2. The second-order valence-electron chi connectivity index (χ2n) is 6.35. The maximum absolute atomic E-state index is 12.2. The van der Waals surface area contributed by atoms with Crippen molar-refractivity contribution in [2.24, 2.45) is 0 Å². The number of hydrogen-bond acceptors (Lipinski definition) is 4. The molecule has 2 aliphatic rings. The summed E-state index contributed by atoms with van der Waals surface area (Å²) in [7, 11) is -3.03. The summed E-state index contributed by atoms with van der Waals surface area (Å²) in [5.41, 5.74) is 0.693. The summed E-state index contributed by atoms with van der Waals surface area (Å²) in [5.74, 6) is 0. The molecule has 2 fully saturated rings. The first-order valence-electron chi connectivity index (χ1n) is 7.55. The van der Waals surface area contributed by atoms with Crippen LogP contribution in [-0.4, -0.2) is 33.8 Å². The third kappa shape index (κ3) is 2.01. The minimum absolute atomic E-state index is 0.312. The third-order valence-corrected chi connectivity index (χ3v) is 7.71. The van der Waals surface area contributed by atoms with Gasteiger partial charge in [-0.05, 0) is 49.4 Å². The largest absolute Gasteiger partial charge is 0.385 e. The molecule has 116 valence electrons. The molecule has 0 saturated carbocycles. The number of nitrogens with zero attached hydrogens (tertiary/aromatic N) is 2. The summed E-state index contributed by atoms with van der Waals surface area (Å²) in [6.07, 6.45) is 5.56. The fourth-order valence-corrected chi connectivity index (χ4v) is 6.32. The molecule has 2 aliphatic heterocycles. The van der Waals surface area contributed by atoms with Gasteiger partial charge in [-0.15, -0.1) is 0 Å². The van der Waals surface area contributed by atoms with Crippen LogP contribution in [0.3, 0.4) is 0 Å². The number of sulfone groups is 1. The lowest BCUT2D eigenvalue weighted by molar-refractivity contribution is 0.0173. The molecule has 1 N–H and O–H groups in total. The van der Waals surface area contributed by atoms with Crippen LogP contribution in [0.2, 0.25) is 0 Å². The van der Waals surface area contributed by atoms with Crippen LogP contribution >= 0.6 is 0 Å². The van der Waals surface area contributed by atoms with Gasteiger partial charge in [0.2, 0.25) is 0 Å². The van der Waals surface area contributed by atoms with E-state index in [0.717, 1.165) is 11.3 Å². The van der Waals surface area contributed by atoms with Crippen LogP contribution in [-0.2, 0) is 15.4 Å². The predicted molar refractivity (Wildman–Crippen MR) is 82.4 cm³/mol. The summed E-state index contributed by atoms with van der Waals surface area (Å²) < 4.78 is 26.1. The van der Waals surface area contributed by atoms with Gasteiger partial charge in [-0.1, -0.05) is 12.1 Å². The SMILES string of the molecule is O=S1(=O)C2CCC1CC(O)(c1ccc(-n3cccn3)cc1)C2. The van der Waals surface area contributed by atoms with E-state index in [4.69, 9.17) is 0 Å². The third-order valence-electron chi connectivity index (χ3n) is 5.04. The second kappa shape index (κ2) is 4.67. The number of rotatable bonds is 2. The maximum Gasteiger partial charge on any atom is 0.156 e. The zero-order valence-electron chi connectivity index (χ0n) is 12.1. The van der Waals surface area contributed by atoms with Crippen molar-refractivity contribution in [1.29, 1.82) is 0 Å². The molecule has 1 aromatic heterocycles. The first-order chi connectivity index (χ1) is 10.5. The molecule has 0 aliphatic carbocycles. The van der Waals surface area contributed by atoms with Crippen molar-refractivity contribution in [1.82, 2.24) is 9.78 Å². The molecular formula is C16H18N2O3S. The van der Waals surface area contributed by atoms with Crippen LogP contribution in [0.15, 0.2) is 42.7 Å². The number of fused-ring (bicyclic) bond motifs is 2. The van der Waals surface area contributed by atoms with Crippen LogP contribution < -0.4 is 0 Å². The summed E-state index contributed by atoms with van der Waals surface area (Å²) in [4.78, 5) is 0. The molecule has 5 nitrogen and oxygen atoms in total. The molecule has 2 atom stereocenters. The van der Waals surface area contributed by atoms with Gasteiger partial charge in [-0.2, -0.15) is 5.10 Å². The summed E-state index contributed by atoms with van der Waals surface area (Å²) in [6.45, 7) is 0. The zero-order valence-corrected chi connectivity index (χ0v) is 12.9. The number of benzene rings is 1. The Morgan fingerprint density at radius 2 is 1.77 bits per heavy atom. The van der Waals surface area contributed by atoms with Crippen molar-refractivity contribution in [3.8, 4) is 5.69 Å². The van der Waals surface area contributed by atoms with Gasteiger partial charge in [0.1, 0.15) is 0 Å². The lowest BCUT2D eigenvalue weighted by Gasteiger charge is -2.36. The molecule has 2 saturated heterocycles. The fraction of sp³-hybridized carbons (Fsp3) is 0.438. The summed E-state index contributed by atoms with van der Waals surface area (Å²) in [5, 5.41) is 14.4. The van der Waals surface area contributed by atoms with Gasteiger partial charge in [0.25, 0.3) is 0 Å². The highest BCUT2D eigenvalue weighted by atomic mass is 32.2. The predicted octanol–water partition coefficient (Wildman–Crippen LogP) is 1.80. The van der Waals surface area contributed by atoms with Crippen LogP contribution in [0.25, 0.3) is 5.69 Å². The molecule has 0 amide bonds. The molecule has 6 heteroatoms. The van der Waals surface area contributed by atoms with E-state index in [1.54, 1.807) is 10.9 Å². The number of hydrogen-bond donors (Lipinski definition) is 1.